The van der Waals surface area contributed by atoms with Crippen LogP contribution in [0.2, 0.25) is 0 Å². The molecule has 0 atom stereocenters. The van der Waals surface area contributed by atoms with Crippen LogP contribution in [0.4, 0.5) is 0 Å². The van der Waals surface area contributed by atoms with Gasteiger partial charge < -0.3 is 9.73 Å². The molecule has 144 valence electrons. The van der Waals surface area contributed by atoms with Crippen molar-refractivity contribution >= 4 is 50.3 Å². The summed E-state index contributed by atoms with van der Waals surface area (Å²) in [6.45, 7) is 0.492. The van der Waals surface area contributed by atoms with E-state index in [2.05, 4.69) is 31.5 Å². The van der Waals surface area contributed by atoms with Crippen molar-refractivity contribution in [3.05, 3.63) is 88.4 Å². The van der Waals surface area contributed by atoms with Gasteiger partial charge in [0, 0.05) is 22.1 Å². The molecule has 1 heterocycles. The number of aromatic nitrogens is 1. The fraction of sp³-hybridized carbons (Fsp3) is 0.0455. The largest absolute Gasteiger partial charge is 0.436 e. The molecular weight excluding hydrogens is 450 g/mol. The first-order valence-electron chi connectivity index (χ1n) is 8.88. The van der Waals surface area contributed by atoms with Gasteiger partial charge in [-0.05, 0) is 60.2 Å². The first-order chi connectivity index (χ1) is 14.1. The summed E-state index contributed by atoms with van der Waals surface area (Å²) >= 11 is 8.57. The zero-order valence-corrected chi connectivity index (χ0v) is 17.6. The van der Waals surface area contributed by atoms with Gasteiger partial charge in [0.05, 0.1) is 0 Å². The number of carbonyl (C=O) groups is 1. The van der Waals surface area contributed by atoms with E-state index in [-0.39, 0.29) is 11.0 Å². The number of nitrogens with zero attached hydrogens (tertiary/aromatic N) is 1. The lowest BCUT2D eigenvalue weighted by Gasteiger charge is -2.10. The molecule has 0 spiro atoms. The van der Waals surface area contributed by atoms with Gasteiger partial charge in [-0.25, -0.2) is 4.98 Å². The number of thiocarbonyl (C=S) groups is 1. The van der Waals surface area contributed by atoms with Gasteiger partial charge in [-0.1, -0.05) is 46.3 Å². The van der Waals surface area contributed by atoms with Gasteiger partial charge in [-0.15, -0.1) is 0 Å². The maximum Gasteiger partial charge on any atom is 0.257 e. The Kier molecular flexibility index (Phi) is 5.69. The quantitative estimate of drug-likeness (QED) is 0.412. The maximum atomic E-state index is 12.2. The number of amides is 1. The highest BCUT2D eigenvalue weighted by Gasteiger charge is 2.09. The summed E-state index contributed by atoms with van der Waals surface area (Å²) in [5.41, 5.74) is 4.05. The fourth-order valence-electron chi connectivity index (χ4n) is 2.79. The van der Waals surface area contributed by atoms with Gasteiger partial charge in [0.15, 0.2) is 10.7 Å². The number of hydrogen-bond donors (Lipinski definition) is 2. The van der Waals surface area contributed by atoms with E-state index < -0.39 is 0 Å². The highest BCUT2D eigenvalue weighted by molar-refractivity contribution is 9.10. The van der Waals surface area contributed by atoms with Crippen molar-refractivity contribution < 1.29 is 9.21 Å². The minimum atomic E-state index is -0.255. The molecule has 4 aromatic rings. The lowest BCUT2D eigenvalue weighted by molar-refractivity contribution is 0.0976. The summed E-state index contributed by atoms with van der Waals surface area (Å²) in [6, 6.07) is 22.6. The van der Waals surface area contributed by atoms with E-state index >= 15 is 0 Å². The topological polar surface area (TPSA) is 67.2 Å². The normalized spacial score (nSPS) is 10.7. The van der Waals surface area contributed by atoms with Crippen LogP contribution in [0.3, 0.4) is 0 Å². The van der Waals surface area contributed by atoms with E-state index in [0.717, 1.165) is 26.7 Å². The number of fused-ring (bicyclic) bond motifs is 1. The van der Waals surface area contributed by atoms with Crippen LogP contribution < -0.4 is 10.6 Å². The predicted molar refractivity (Wildman–Crippen MR) is 120 cm³/mol. The summed E-state index contributed by atoms with van der Waals surface area (Å²) in [5.74, 6) is 0.331. The van der Waals surface area contributed by atoms with Gasteiger partial charge in [-0.2, -0.15) is 0 Å². The average Bonchev–Trinajstić information content (AvgIpc) is 3.17. The second kappa shape index (κ2) is 8.55. The van der Waals surface area contributed by atoms with Gasteiger partial charge in [0.25, 0.3) is 5.91 Å². The molecule has 0 fully saturated rings. The molecule has 29 heavy (non-hydrogen) atoms. The Hall–Kier alpha value is -3.03. The Morgan fingerprint density at radius 1 is 1.03 bits per heavy atom. The number of halogens is 1. The highest BCUT2D eigenvalue weighted by Crippen LogP contribution is 2.24. The van der Waals surface area contributed by atoms with Gasteiger partial charge >= 0.3 is 0 Å². The standard InChI is InChI=1S/C22H16BrN3O2S/c23-17-5-3-4-16(12-17)20(27)26-22(29)24-13-14-8-10-15(11-9-14)21-25-18-6-1-2-7-19(18)28-21/h1-12H,13H2,(H2,24,26,27,29). The predicted octanol–water partition coefficient (Wildman–Crippen LogP) is 5.06. The first-order valence-corrected chi connectivity index (χ1v) is 10.1. The average molecular weight is 466 g/mol. The fourth-order valence-corrected chi connectivity index (χ4v) is 3.36. The van der Waals surface area contributed by atoms with E-state index in [1.54, 1.807) is 18.2 Å². The van der Waals surface area contributed by atoms with Crippen LogP contribution in [-0.2, 0) is 6.54 Å². The van der Waals surface area contributed by atoms with E-state index in [4.69, 9.17) is 16.6 Å². The van der Waals surface area contributed by atoms with Crippen LogP contribution in [0.1, 0.15) is 15.9 Å². The van der Waals surface area contributed by atoms with E-state index in [1.807, 2.05) is 54.6 Å². The van der Waals surface area contributed by atoms with Crippen LogP contribution in [0.15, 0.2) is 81.7 Å². The molecule has 4 rings (SSSR count). The Balaban J connectivity index is 1.35. The number of para-hydroxylation sites is 2. The van der Waals surface area contributed by atoms with Crippen molar-refractivity contribution in [2.24, 2.45) is 0 Å². The van der Waals surface area contributed by atoms with Crippen LogP contribution in [0, 0.1) is 0 Å². The third-order valence-electron chi connectivity index (χ3n) is 4.26. The molecule has 0 saturated carbocycles. The van der Waals surface area contributed by atoms with E-state index in [9.17, 15) is 4.79 Å². The number of nitrogens with one attached hydrogen (secondary N) is 2. The molecular formula is C22H16BrN3O2S. The Morgan fingerprint density at radius 3 is 2.59 bits per heavy atom. The third kappa shape index (κ3) is 4.70. The van der Waals surface area contributed by atoms with Crippen molar-refractivity contribution in [3.8, 4) is 11.5 Å². The molecule has 2 N–H and O–H groups in total. The minimum Gasteiger partial charge on any atom is -0.436 e. The zero-order chi connectivity index (χ0) is 20.2. The smallest absolute Gasteiger partial charge is 0.257 e. The first kappa shape index (κ1) is 19.3. The Labute approximate surface area is 181 Å². The number of hydrogen-bond acceptors (Lipinski definition) is 4. The molecule has 0 aliphatic heterocycles. The molecule has 0 radical (unpaired) electrons. The summed E-state index contributed by atoms with van der Waals surface area (Å²) in [7, 11) is 0. The molecule has 0 aliphatic carbocycles. The third-order valence-corrected chi connectivity index (χ3v) is 5.00. The van der Waals surface area contributed by atoms with Crippen molar-refractivity contribution in [2.75, 3.05) is 0 Å². The lowest BCUT2D eigenvalue weighted by Crippen LogP contribution is -2.38. The van der Waals surface area contributed by atoms with Gasteiger partial charge in [0.1, 0.15) is 5.52 Å². The minimum absolute atomic E-state index is 0.255. The highest BCUT2D eigenvalue weighted by atomic mass is 79.9. The molecule has 0 bridgehead atoms. The molecule has 0 aliphatic rings. The molecule has 7 heteroatoms. The number of oxazole rings is 1. The number of carbonyl (C=O) groups excluding carboxylic acids is 1. The van der Waals surface area contributed by atoms with Crippen molar-refractivity contribution in [1.29, 1.82) is 0 Å². The Morgan fingerprint density at radius 2 is 1.83 bits per heavy atom. The lowest BCUT2D eigenvalue weighted by atomic mass is 10.1. The monoisotopic (exact) mass is 465 g/mol. The number of benzene rings is 3. The van der Waals surface area contributed by atoms with E-state index in [0.29, 0.717) is 18.0 Å². The molecule has 3 aromatic carbocycles. The molecule has 0 saturated heterocycles. The van der Waals surface area contributed by atoms with Crippen LogP contribution >= 0.6 is 28.1 Å². The second-order valence-corrected chi connectivity index (χ2v) is 7.65. The molecule has 5 nitrogen and oxygen atoms in total. The summed E-state index contributed by atoms with van der Waals surface area (Å²) in [6.07, 6.45) is 0. The summed E-state index contributed by atoms with van der Waals surface area (Å²) in [5, 5.41) is 6.00. The summed E-state index contributed by atoms with van der Waals surface area (Å²) in [4.78, 5) is 16.7. The van der Waals surface area contributed by atoms with Crippen molar-refractivity contribution in [1.82, 2.24) is 15.6 Å². The van der Waals surface area contributed by atoms with Gasteiger partial charge in [0.2, 0.25) is 5.89 Å². The van der Waals surface area contributed by atoms with Crippen LogP contribution in [-0.4, -0.2) is 16.0 Å². The molecule has 1 aromatic heterocycles. The summed E-state index contributed by atoms with van der Waals surface area (Å²) < 4.78 is 6.62. The van der Waals surface area contributed by atoms with E-state index in [1.165, 1.54) is 0 Å². The second-order valence-electron chi connectivity index (χ2n) is 6.33. The van der Waals surface area contributed by atoms with Gasteiger partial charge in [-0.3, -0.25) is 10.1 Å². The maximum absolute atomic E-state index is 12.2. The molecule has 0 unspecified atom stereocenters. The van der Waals surface area contributed by atoms with Crippen LogP contribution in [0.5, 0.6) is 0 Å². The van der Waals surface area contributed by atoms with Crippen LogP contribution in [0.25, 0.3) is 22.6 Å². The Bertz CT molecular complexity index is 1160. The molecule has 1 amide bonds. The SMILES string of the molecule is O=C(NC(=S)NCc1ccc(-c2nc3ccccc3o2)cc1)c1cccc(Br)c1. The number of rotatable bonds is 4. The van der Waals surface area contributed by atoms with Crippen molar-refractivity contribution in [2.45, 2.75) is 6.54 Å². The zero-order valence-electron chi connectivity index (χ0n) is 15.2. The van der Waals surface area contributed by atoms with Crippen molar-refractivity contribution in [3.63, 3.8) is 0 Å².